The molecular weight excluding hydrogens is 295 g/mol. The number of anilines is 1. The fourth-order valence-corrected chi connectivity index (χ4v) is 1.95. The zero-order chi connectivity index (χ0) is 16.5. The highest BCUT2D eigenvalue weighted by atomic mass is 19.4. The van der Waals surface area contributed by atoms with Crippen molar-refractivity contribution in [1.29, 1.82) is 0 Å². The van der Waals surface area contributed by atoms with Crippen molar-refractivity contribution in [2.45, 2.75) is 20.0 Å². The van der Waals surface area contributed by atoms with Crippen molar-refractivity contribution >= 4 is 11.6 Å². The SMILES string of the molecule is Cc1ccc(O)c(C(=O)Nc2cc(C(F)(F)F)ccc2C)c1. The molecule has 0 aliphatic heterocycles. The van der Waals surface area contributed by atoms with Gasteiger partial charge in [0.2, 0.25) is 0 Å². The van der Waals surface area contributed by atoms with E-state index in [1.165, 1.54) is 18.2 Å². The van der Waals surface area contributed by atoms with Crippen molar-refractivity contribution in [1.82, 2.24) is 0 Å². The highest BCUT2D eigenvalue weighted by Crippen LogP contribution is 2.32. The minimum atomic E-state index is -4.49. The molecular formula is C16H14F3NO2. The summed E-state index contributed by atoms with van der Waals surface area (Å²) in [5.41, 5.74) is 0.469. The topological polar surface area (TPSA) is 49.3 Å². The first kappa shape index (κ1) is 15.9. The lowest BCUT2D eigenvalue weighted by Crippen LogP contribution is -2.14. The maximum Gasteiger partial charge on any atom is 0.416 e. The first-order valence-electron chi connectivity index (χ1n) is 6.47. The van der Waals surface area contributed by atoms with Gasteiger partial charge < -0.3 is 10.4 Å². The van der Waals surface area contributed by atoms with Crippen LogP contribution in [-0.4, -0.2) is 11.0 Å². The van der Waals surface area contributed by atoms with E-state index in [4.69, 9.17) is 0 Å². The van der Waals surface area contributed by atoms with E-state index in [1.807, 2.05) is 0 Å². The predicted octanol–water partition coefficient (Wildman–Crippen LogP) is 4.28. The van der Waals surface area contributed by atoms with E-state index in [9.17, 15) is 23.1 Å². The van der Waals surface area contributed by atoms with Crippen LogP contribution in [-0.2, 0) is 6.18 Å². The van der Waals surface area contributed by atoms with Gasteiger partial charge >= 0.3 is 6.18 Å². The number of benzene rings is 2. The van der Waals surface area contributed by atoms with Gasteiger partial charge in [0.05, 0.1) is 11.1 Å². The molecule has 0 bridgehead atoms. The quantitative estimate of drug-likeness (QED) is 0.870. The number of phenols is 1. The van der Waals surface area contributed by atoms with Crippen molar-refractivity contribution in [3.63, 3.8) is 0 Å². The molecule has 0 aromatic heterocycles. The van der Waals surface area contributed by atoms with Gasteiger partial charge in [-0.3, -0.25) is 4.79 Å². The van der Waals surface area contributed by atoms with Crippen LogP contribution in [0.1, 0.15) is 27.0 Å². The summed E-state index contributed by atoms with van der Waals surface area (Å²) in [6.45, 7) is 3.33. The summed E-state index contributed by atoms with van der Waals surface area (Å²) >= 11 is 0. The Morgan fingerprint density at radius 1 is 1.09 bits per heavy atom. The number of carbonyl (C=O) groups is 1. The molecule has 0 radical (unpaired) electrons. The minimum absolute atomic E-state index is 0.0109. The smallest absolute Gasteiger partial charge is 0.416 e. The fourth-order valence-electron chi connectivity index (χ4n) is 1.95. The fraction of sp³-hybridized carbons (Fsp3) is 0.188. The number of nitrogens with one attached hydrogen (secondary N) is 1. The monoisotopic (exact) mass is 309 g/mol. The molecule has 0 aliphatic carbocycles. The van der Waals surface area contributed by atoms with Gasteiger partial charge in [-0.05, 0) is 43.7 Å². The maximum atomic E-state index is 12.7. The molecule has 0 spiro atoms. The van der Waals surface area contributed by atoms with E-state index >= 15 is 0 Å². The first-order valence-corrected chi connectivity index (χ1v) is 6.47. The summed E-state index contributed by atoms with van der Waals surface area (Å²) in [5.74, 6) is -0.892. The molecule has 0 saturated heterocycles. The standard InChI is InChI=1S/C16H14F3NO2/c1-9-3-6-14(21)12(7-9)15(22)20-13-8-11(16(17,18)19)5-4-10(13)2/h3-8,21H,1-2H3,(H,20,22). The normalized spacial score (nSPS) is 11.3. The number of phenolic OH excluding ortho intramolecular Hbond substituents is 1. The van der Waals surface area contributed by atoms with E-state index in [0.717, 1.165) is 17.7 Å². The van der Waals surface area contributed by atoms with Gasteiger partial charge in [-0.25, -0.2) is 0 Å². The van der Waals surface area contributed by atoms with E-state index in [0.29, 0.717) is 5.56 Å². The molecule has 3 nitrogen and oxygen atoms in total. The summed E-state index contributed by atoms with van der Waals surface area (Å²) < 4.78 is 38.2. The number of hydrogen-bond donors (Lipinski definition) is 2. The molecule has 22 heavy (non-hydrogen) atoms. The highest BCUT2D eigenvalue weighted by molar-refractivity contribution is 6.06. The highest BCUT2D eigenvalue weighted by Gasteiger charge is 2.31. The Morgan fingerprint density at radius 3 is 2.41 bits per heavy atom. The lowest BCUT2D eigenvalue weighted by molar-refractivity contribution is -0.137. The Balaban J connectivity index is 2.34. The Bertz CT molecular complexity index is 724. The van der Waals surface area contributed by atoms with Crippen LogP contribution in [0.2, 0.25) is 0 Å². The summed E-state index contributed by atoms with van der Waals surface area (Å²) in [7, 11) is 0. The minimum Gasteiger partial charge on any atom is -0.507 e. The molecule has 1 amide bonds. The van der Waals surface area contributed by atoms with E-state index < -0.39 is 17.6 Å². The Labute approximate surface area is 125 Å². The number of aryl methyl sites for hydroxylation is 2. The number of halogens is 3. The zero-order valence-corrected chi connectivity index (χ0v) is 12.0. The second-order valence-corrected chi connectivity index (χ2v) is 5.00. The average molecular weight is 309 g/mol. The second-order valence-electron chi connectivity index (χ2n) is 5.00. The van der Waals surface area contributed by atoms with Gasteiger partial charge in [-0.2, -0.15) is 13.2 Å². The number of alkyl halides is 3. The molecule has 2 N–H and O–H groups in total. The van der Waals surface area contributed by atoms with Crippen LogP contribution in [0.5, 0.6) is 5.75 Å². The summed E-state index contributed by atoms with van der Waals surface area (Å²) in [5, 5.41) is 12.1. The molecule has 116 valence electrons. The summed E-state index contributed by atoms with van der Waals surface area (Å²) in [6, 6.07) is 7.57. The molecule has 0 aliphatic rings. The predicted molar refractivity (Wildman–Crippen MR) is 77.0 cm³/mol. The van der Waals surface area contributed by atoms with Gasteiger partial charge in [0, 0.05) is 5.69 Å². The molecule has 0 fully saturated rings. The number of amides is 1. The molecule has 2 aromatic carbocycles. The van der Waals surface area contributed by atoms with Crippen molar-refractivity contribution in [2.24, 2.45) is 0 Å². The van der Waals surface area contributed by atoms with Crippen molar-refractivity contribution in [3.05, 3.63) is 58.7 Å². The third-order valence-electron chi connectivity index (χ3n) is 3.21. The third-order valence-corrected chi connectivity index (χ3v) is 3.21. The zero-order valence-electron chi connectivity index (χ0n) is 12.0. The second kappa shape index (κ2) is 5.71. The van der Waals surface area contributed by atoms with Gasteiger partial charge in [-0.1, -0.05) is 17.7 Å². The molecule has 0 unspecified atom stereocenters. The number of aromatic hydroxyl groups is 1. The van der Waals surface area contributed by atoms with Crippen LogP contribution in [0, 0.1) is 13.8 Å². The van der Waals surface area contributed by atoms with Crippen molar-refractivity contribution in [2.75, 3.05) is 5.32 Å². The molecule has 6 heteroatoms. The number of carbonyl (C=O) groups excluding carboxylic acids is 1. The number of rotatable bonds is 2. The van der Waals surface area contributed by atoms with Crippen molar-refractivity contribution in [3.8, 4) is 5.75 Å². The average Bonchev–Trinajstić information content (AvgIpc) is 2.42. The lowest BCUT2D eigenvalue weighted by atomic mass is 10.1. The van der Waals surface area contributed by atoms with Crippen molar-refractivity contribution < 1.29 is 23.1 Å². The lowest BCUT2D eigenvalue weighted by Gasteiger charge is -2.13. The molecule has 0 heterocycles. The van der Waals surface area contributed by atoms with Crippen LogP contribution in [0.15, 0.2) is 36.4 Å². The van der Waals surface area contributed by atoms with Crippen LogP contribution in [0.3, 0.4) is 0 Å². The van der Waals surface area contributed by atoms with E-state index in [1.54, 1.807) is 19.9 Å². The van der Waals surface area contributed by atoms with E-state index in [2.05, 4.69) is 5.32 Å². The Kier molecular flexibility index (Phi) is 4.12. The largest absolute Gasteiger partial charge is 0.507 e. The summed E-state index contributed by atoms with van der Waals surface area (Å²) in [4.78, 5) is 12.1. The van der Waals surface area contributed by atoms with Crippen LogP contribution in [0.4, 0.5) is 18.9 Å². The Hall–Kier alpha value is -2.50. The van der Waals surface area contributed by atoms with Crippen LogP contribution in [0.25, 0.3) is 0 Å². The van der Waals surface area contributed by atoms with Crippen LogP contribution >= 0.6 is 0 Å². The molecule has 2 aromatic rings. The van der Waals surface area contributed by atoms with Gasteiger partial charge in [0.15, 0.2) is 0 Å². The third kappa shape index (κ3) is 3.39. The van der Waals surface area contributed by atoms with E-state index in [-0.39, 0.29) is 17.0 Å². The van der Waals surface area contributed by atoms with Gasteiger partial charge in [-0.15, -0.1) is 0 Å². The Morgan fingerprint density at radius 2 is 1.77 bits per heavy atom. The summed E-state index contributed by atoms with van der Waals surface area (Å²) in [6.07, 6.45) is -4.49. The maximum absolute atomic E-state index is 12.7. The van der Waals surface area contributed by atoms with Crippen LogP contribution < -0.4 is 5.32 Å². The number of hydrogen-bond acceptors (Lipinski definition) is 2. The molecule has 0 atom stereocenters. The van der Waals surface area contributed by atoms with Gasteiger partial charge in [0.25, 0.3) is 5.91 Å². The molecule has 2 rings (SSSR count). The first-order chi connectivity index (χ1) is 10.2. The molecule has 0 saturated carbocycles. The van der Waals surface area contributed by atoms with Gasteiger partial charge in [0.1, 0.15) is 5.75 Å².